The van der Waals surface area contributed by atoms with Crippen molar-refractivity contribution in [3.05, 3.63) is 30.1 Å². The van der Waals surface area contributed by atoms with Crippen LogP contribution in [-0.4, -0.2) is 15.4 Å². The first-order valence-electron chi connectivity index (χ1n) is 8.25. The fourth-order valence-electron chi connectivity index (χ4n) is 3.26. The maximum atomic E-state index is 4.86. The monoisotopic (exact) mass is 285 g/mol. The molecule has 3 heteroatoms. The number of nitrogens with one attached hydrogen (secondary N) is 1. The van der Waals surface area contributed by atoms with Gasteiger partial charge in [0.25, 0.3) is 0 Å². The molecule has 0 aliphatic heterocycles. The van der Waals surface area contributed by atoms with E-state index in [0.29, 0.717) is 6.04 Å². The largest absolute Gasteiger partial charge is 0.367 e. The van der Waals surface area contributed by atoms with Crippen LogP contribution in [0.3, 0.4) is 0 Å². The molecule has 3 rings (SSSR count). The third kappa shape index (κ3) is 3.39. The van der Waals surface area contributed by atoms with Crippen LogP contribution in [0.5, 0.6) is 0 Å². The van der Waals surface area contributed by atoms with E-state index >= 15 is 0 Å². The number of anilines is 1. The second-order valence-electron chi connectivity index (χ2n) is 7.55. The maximum Gasteiger partial charge on any atom is 0.138 e. The minimum absolute atomic E-state index is 0.251. The van der Waals surface area contributed by atoms with Gasteiger partial charge >= 0.3 is 0 Å². The smallest absolute Gasteiger partial charge is 0.138 e. The van der Waals surface area contributed by atoms with Crippen LogP contribution in [0.25, 0.3) is 5.65 Å². The molecule has 1 N–H and O–H groups in total. The standard InChI is InChI=1S/C18H27N3/c1-18(2,3)13-15-17(19-14-9-5-4-6-10-14)21-12-8-7-11-16(21)20-15/h7-8,11-12,14,19H,4-6,9-10,13H2,1-3H3. The number of rotatable bonds is 3. The molecule has 0 bridgehead atoms. The summed E-state index contributed by atoms with van der Waals surface area (Å²) >= 11 is 0. The van der Waals surface area contributed by atoms with Crippen molar-refractivity contribution >= 4 is 11.5 Å². The predicted octanol–water partition coefficient (Wildman–Crippen LogP) is 4.67. The highest BCUT2D eigenvalue weighted by molar-refractivity contribution is 5.56. The Morgan fingerprint density at radius 3 is 2.67 bits per heavy atom. The molecule has 2 heterocycles. The van der Waals surface area contributed by atoms with Gasteiger partial charge in [0.05, 0.1) is 5.69 Å². The Hall–Kier alpha value is -1.51. The molecule has 3 nitrogen and oxygen atoms in total. The number of aromatic nitrogens is 2. The second-order valence-corrected chi connectivity index (χ2v) is 7.55. The molecule has 0 aromatic carbocycles. The van der Waals surface area contributed by atoms with Crippen LogP contribution in [-0.2, 0) is 6.42 Å². The summed E-state index contributed by atoms with van der Waals surface area (Å²) in [5, 5.41) is 3.80. The van der Waals surface area contributed by atoms with E-state index in [1.54, 1.807) is 0 Å². The van der Waals surface area contributed by atoms with E-state index in [1.165, 1.54) is 43.6 Å². The van der Waals surface area contributed by atoms with Gasteiger partial charge in [0.1, 0.15) is 11.5 Å². The average Bonchev–Trinajstić information content (AvgIpc) is 2.76. The first-order chi connectivity index (χ1) is 10.0. The van der Waals surface area contributed by atoms with Crippen LogP contribution < -0.4 is 5.32 Å². The van der Waals surface area contributed by atoms with Gasteiger partial charge < -0.3 is 5.32 Å². The average molecular weight is 285 g/mol. The fourth-order valence-corrected chi connectivity index (χ4v) is 3.26. The molecule has 114 valence electrons. The third-order valence-corrected chi connectivity index (χ3v) is 4.25. The molecule has 0 radical (unpaired) electrons. The summed E-state index contributed by atoms with van der Waals surface area (Å²) in [5.74, 6) is 1.22. The topological polar surface area (TPSA) is 29.3 Å². The predicted molar refractivity (Wildman–Crippen MR) is 88.8 cm³/mol. The second kappa shape index (κ2) is 5.70. The zero-order chi connectivity index (χ0) is 14.9. The molecule has 1 saturated carbocycles. The number of imidazole rings is 1. The van der Waals surface area contributed by atoms with Crippen LogP contribution >= 0.6 is 0 Å². The lowest BCUT2D eigenvalue weighted by Crippen LogP contribution is -2.24. The Labute approximate surface area is 127 Å². The molecule has 2 aromatic heterocycles. The number of nitrogens with zero attached hydrogens (tertiary/aromatic N) is 2. The van der Waals surface area contributed by atoms with Gasteiger partial charge in [0.15, 0.2) is 0 Å². The summed E-state index contributed by atoms with van der Waals surface area (Å²) < 4.78 is 2.22. The van der Waals surface area contributed by atoms with Crippen molar-refractivity contribution in [1.29, 1.82) is 0 Å². The van der Waals surface area contributed by atoms with Crippen LogP contribution in [0.15, 0.2) is 24.4 Å². The number of hydrogen-bond acceptors (Lipinski definition) is 2. The molecule has 1 aliphatic rings. The van der Waals surface area contributed by atoms with Gasteiger partial charge in [-0.25, -0.2) is 4.98 Å². The van der Waals surface area contributed by atoms with Crippen molar-refractivity contribution in [2.75, 3.05) is 5.32 Å². The number of hydrogen-bond donors (Lipinski definition) is 1. The Morgan fingerprint density at radius 2 is 1.95 bits per heavy atom. The molecule has 0 amide bonds. The summed E-state index contributed by atoms with van der Waals surface area (Å²) in [6.45, 7) is 6.84. The Kier molecular flexibility index (Phi) is 3.92. The van der Waals surface area contributed by atoms with Gasteiger partial charge in [-0.05, 0) is 36.8 Å². The Morgan fingerprint density at radius 1 is 1.19 bits per heavy atom. The van der Waals surface area contributed by atoms with Crippen molar-refractivity contribution in [3.63, 3.8) is 0 Å². The molecule has 0 spiro atoms. The minimum Gasteiger partial charge on any atom is -0.367 e. The molecular weight excluding hydrogens is 258 g/mol. The van der Waals surface area contributed by atoms with Crippen molar-refractivity contribution in [2.45, 2.75) is 65.3 Å². The van der Waals surface area contributed by atoms with E-state index in [0.717, 1.165) is 12.1 Å². The van der Waals surface area contributed by atoms with Crippen LogP contribution in [0.2, 0.25) is 0 Å². The van der Waals surface area contributed by atoms with Gasteiger partial charge in [-0.2, -0.15) is 0 Å². The van der Waals surface area contributed by atoms with Gasteiger partial charge in [0, 0.05) is 12.2 Å². The number of pyridine rings is 1. The molecule has 0 unspecified atom stereocenters. The molecule has 0 atom stereocenters. The SMILES string of the molecule is CC(C)(C)Cc1nc2ccccn2c1NC1CCCCC1. The zero-order valence-corrected chi connectivity index (χ0v) is 13.5. The zero-order valence-electron chi connectivity index (χ0n) is 13.5. The maximum absolute atomic E-state index is 4.86. The van der Waals surface area contributed by atoms with Crippen molar-refractivity contribution < 1.29 is 0 Å². The summed E-state index contributed by atoms with van der Waals surface area (Å²) in [7, 11) is 0. The molecule has 1 fully saturated rings. The normalized spacial score (nSPS) is 17.3. The summed E-state index contributed by atoms with van der Waals surface area (Å²) in [4.78, 5) is 4.86. The summed E-state index contributed by atoms with van der Waals surface area (Å²) in [5.41, 5.74) is 2.51. The Bertz CT molecular complexity index is 600. The lowest BCUT2D eigenvalue weighted by molar-refractivity contribution is 0.406. The molecule has 2 aromatic rings. The first kappa shape index (κ1) is 14.4. The van der Waals surface area contributed by atoms with Crippen LogP contribution in [0, 0.1) is 5.41 Å². The van der Waals surface area contributed by atoms with Crippen molar-refractivity contribution in [3.8, 4) is 0 Å². The molecule has 21 heavy (non-hydrogen) atoms. The van der Waals surface area contributed by atoms with E-state index < -0.39 is 0 Å². The third-order valence-electron chi connectivity index (χ3n) is 4.25. The molecular formula is C18H27N3. The fraction of sp³-hybridized carbons (Fsp3) is 0.611. The van der Waals surface area contributed by atoms with Crippen molar-refractivity contribution in [2.24, 2.45) is 5.41 Å². The highest BCUT2D eigenvalue weighted by Crippen LogP contribution is 2.29. The molecule has 1 aliphatic carbocycles. The van der Waals surface area contributed by atoms with E-state index in [4.69, 9.17) is 4.98 Å². The lowest BCUT2D eigenvalue weighted by atomic mass is 9.90. The van der Waals surface area contributed by atoms with Crippen molar-refractivity contribution in [1.82, 2.24) is 9.38 Å². The number of fused-ring (bicyclic) bond motifs is 1. The summed E-state index contributed by atoms with van der Waals surface area (Å²) in [6.07, 6.45) is 9.79. The quantitative estimate of drug-likeness (QED) is 0.888. The summed E-state index contributed by atoms with van der Waals surface area (Å²) in [6, 6.07) is 6.85. The lowest BCUT2D eigenvalue weighted by Gasteiger charge is -2.25. The van der Waals surface area contributed by atoms with Crippen LogP contribution in [0.1, 0.15) is 58.6 Å². The van der Waals surface area contributed by atoms with Gasteiger partial charge in [-0.15, -0.1) is 0 Å². The molecule has 0 saturated heterocycles. The van der Waals surface area contributed by atoms with E-state index in [9.17, 15) is 0 Å². The highest BCUT2D eigenvalue weighted by Gasteiger charge is 2.21. The van der Waals surface area contributed by atoms with E-state index in [-0.39, 0.29) is 5.41 Å². The Balaban J connectivity index is 1.94. The minimum atomic E-state index is 0.251. The highest BCUT2D eigenvalue weighted by atomic mass is 15.1. The van der Waals surface area contributed by atoms with E-state index in [2.05, 4.69) is 54.9 Å². The van der Waals surface area contributed by atoms with Gasteiger partial charge in [-0.1, -0.05) is 46.1 Å². The van der Waals surface area contributed by atoms with Gasteiger partial charge in [-0.3, -0.25) is 4.40 Å². The van der Waals surface area contributed by atoms with Gasteiger partial charge in [0.2, 0.25) is 0 Å². The first-order valence-corrected chi connectivity index (χ1v) is 8.25. The van der Waals surface area contributed by atoms with Crippen LogP contribution in [0.4, 0.5) is 5.82 Å². The van der Waals surface area contributed by atoms with E-state index in [1.807, 2.05) is 0 Å².